The lowest BCUT2D eigenvalue weighted by molar-refractivity contribution is 0.221. The second-order valence-electron chi connectivity index (χ2n) is 7.64. The van der Waals surface area contributed by atoms with Gasteiger partial charge in [0, 0.05) is 11.6 Å². The summed E-state index contributed by atoms with van der Waals surface area (Å²) in [5.74, 6) is 1.37. The lowest BCUT2D eigenvalue weighted by Crippen LogP contribution is -2.19. The number of ether oxygens (including phenoxy) is 2. The number of hydrogen-bond donors (Lipinski definition) is 0. The van der Waals surface area contributed by atoms with Crippen LogP contribution in [0, 0.1) is 11.3 Å². The maximum absolute atomic E-state index is 9.58. The van der Waals surface area contributed by atoms with Crippen molar-refractivity contribution in [2.24, 2.45) is 0 Å². The number of hydrogen-bond acceptors (Lipinski definition) is 5. The van der Waals surface area contributed by atoms with Crippen LogP contribution in [-0.4, -0.2) is 22.5 Å². The van der Waals surface area contributed by atoms with E-state index < -0.39 is 5.41 Å². The third-order valence-corrected chi connectivity index (χ3v) is 5.78. The topological polar surface area (TPSA) is 68.0 Å². The SMILES string of the molecule is CC(Oc1ccc(C(C)(C)c2cc(Cl)c(OCCCl)c(C#N)c2)cc1)c1ccnc(Cl)n1. The van der Waals surface area contributed by atoms with Gasteiger partial charge in [-0.2, -0.15) is 5.26 Å². The first kappa shape index (κ1) is 24.1. The van der Waals surface area contributed by atoms with Crippen molar-refractivity contribution >= 4 is 34.8 Å². The van der Waals surface area contributed by atoms with Crippen molar-refractivity contribution in [2.45, 2.75) is 32.3 Å². The zero-order chi connectivity index (χ0) is 23.3. The molecule has 3 aromatic rings. The highest BCUT2D eigenvalue weighted by Crippen LogP contribution is 2.38. The summed E-state index contributed by atoms with van der Waals surface area (Å²) < 4.78 is 11.6. The third-order valence-electron chi connectivity index (χ3n) is 5.16. The molecule has 0 aliphatic carbocycles. The average molecular weight is 491 g/mol. The molecule has 1 aromatic heterocycles. The number of alkyl halides is 1. The van der Waals surface area contributed by atoms with Crippen LogP contribution in [0.15, 0.2) is 48.7 Å². The fourth-order valence-electron chi connectivity index (χ4n) is 3.28. The second kappa shape index (κ2) is 10.4. The van der Waals surface area contributed by atoms with Gasteiger partial charge >= 0.3 is 0 Å². The van der Waals surface area contributed by atoms with Crippen LogP contribution >= 0.6 is 34.8 Å². The Labute approximate surface area is 202 Å². The Kier molecular flexibility index (Phi) is 7.84. The highest BCUT2D eigenvalue weighted by Gasteiger charge is 2.26. The zero-order valence-electron chi connectivity index (χ0n) is 17.9. The van der Waals surface area contributed by atoms with Gasteiger partial charge in [-0.1, -0.05) is 37.6 Å². The van der Waals surface area contributed by atoms with Gasteiger partial charge in [-0.25, -0.2) is 9.97 Å². The van der Waals surface area contributed by atoms with Gasteiger partial charge in [-0.15, -0.1) is 11.6 Å². The van der Waals surface area contributed by atoms with Crippen molar-refractivity contribution in [1.29, 1.82) is 5.26 Å². The van der Waals surface area contributed by atoms with E-state index in [9.17, 15) is 5.26 Å². The average Bonchev–Trinajstić information content (AvgIpc) is 2.78. The molecule has 0 spiro atoms. The van der Waals surface area contributed by atoms with E-state index in [1.54, 1.807) is 18.3 Å². The van der Waals surface area contributed by atoms with Crippen molar-refractivity contribution in [3.63, 3.8) is 0 Å². The van der Waals surface area contributed by atoms with Crippen LogP contribution in [0.4, 0.5) is 0 Å². The van der Waals surface area contributed by atoms with Crippen molar-refractivity contribution in [2.75, 3.05) is 12.5 Å². The van der Waals surface area contributed by atoms with Crippen LogP contribution in [0.3, 0.4) is 0 Å². The first-order valence-corrected chi connectivity index (χ1v) is 11.2. The van der Waals surface area contributed by atoms with Gasteiger partial charge in [-0.3, -0.25) is 0 Å². The zero-order valence-corrected chi connectivity index (χ0v) is 20.2. The van der Waals surface area contributed by atoms with Crippen LogP contribution in [0.25, 0.3) is 0 Å². The fourth-order valence-corrected chi connectivity index (χ4v) is 3.79. The number of rotatable bonds is 8. The molecule has 32 heavy (non-hydrogen) atoms. The summed E-state index contributed by atoms with van der Waals surface area (Å²) in [5.41, 5.74) is 2.60. The lowest BCUT2D eigenvalue weighted by atomic mass is 9.77. The fraction of sp³-hybridized carbons (Fsp3) is 0.292. The summed E-state index contributed by atoms with van der Waals surface area (Å²) in [7, 11) is 0. The highest BCUT2D eigenvalue weighted by atomic mass is 35.5. The van der Waals surface area contributed by atoms with Gasteiger partial charge in [0.05, 0.1) is 22.2 Å². The Bertz CT molecular complexity index is 1130. The summed E-state index contributed by atoms with van der Waals surface area (Å²) in [6.45, 7) is 6.32. The Morgan fingerprint density at radius 1 is 1.09 bits per heavy atom. The number of benzene rings is 2. The van der Waals surface area contributed by atoms with E-state index in [2.05, 4.69) is 29.9 Å². The molecule has 2 aromatic carbocycles. The summed E-state index contributed by atoms with van der Waals surface area (Å²) >= 11 is 18.0. The van der Waals surface area contributed by atoms with E-state index in [4.69, 9.17) is 44.3 Å². The molecule has 0 saturated carbocycles. The van der Waals surface area contributed by atoms with E-state index in [0.717, 1.165) is 11.1 Å². The molecule has 0 radical (unpaired) electrons. The van der Waals surface area contributed by atoms with E-state index in [1.807, 2.05) is 37.3 Å². The molecule has 5 nitrogen and oxygen atoms in total. The molecule has 1 unspecified atom stereocenters. The molecule has 0 amide bonds. The molecular formula is C24H22Cl3N3O2. The number of aromatic nitrogens is 2. The molecule has 0 aliphatic rings. The van der Waals surface area contributed by atoms with Gasteiger partial charge in [-0.05, 0) is 60.0 Å². The van der Waals surface area contributed by atoms with Crippen LogP contribution in [0.1, 0.15) is 49.3 Å². The summed E-state index contributed by atoms with van der Waals surface area (Å²) in [6.07, 6.45) is 1.31. The van der Waals surface area contributed by atoms with Gasteiger partial charge in [0.25, 0.3) is 0 Å². The smallest absolute Gasteiger partial charge is 0.222 e. The number of halogens is 3. The molecule has 1 atom stereocenters. The predicted octanol–water partition coefficient (Wildman–Crippen LogP) is 6.74. The molecule has 166 valence electrons. The second-order valence-corrected chi connectivity index (χ2v) is 8.77. The summed E-state index contributed by atoms with van der Waals surface area (Å²) in [5, 5.41) is 10.1. The van der Waals surface area contributed by atoms with E-state index in [-0.39, 0.29) is 18.0 Å². The number of nitriles is 1. The Morgan fingerprint density at radius 3 is 2.44 bits per heavy atom. The third kappa shape index (κ3) is 5.45. The molecule has 8 heteroatoms. The highest BCUT2D eigenvalue weighted by molar-refractivity contribution is 6.32. The maximum atomic E-state index is 9.58. The van der Waals surface area contributed by atoms with Crippen LogP contribution in [0.5, 0.6) is 11.5 Å². The Hall–Kier alpha value is -2.52. The van der Waals surface area contributed by atoms with Crippen LogP contribution in [-0.2, 0) is 5.41 Å². The molecule has 0 N–H and O–H groups in total. The minimum absolute atomic E-state index is 0.185. The molecule has 1 heterocycles. The van der Waals surface area contributed by atoms with Crippen molar-refractivity contribution in [3.8, 4) is 17.6 Å². The quantitative estimate of drug-likeness (QED) is 0.258. The Morgan fingerprint density at radius 2 is 1.81 bits per heavy atom. The molecule has 0 saturated heterocycles. The maximum Gasteiger partial charge on any atom is 0.222 e. The van der Waals surface area contributed by atoms with Gasteiger partial charge in [0.15, 0.2) is 5.75 Å². The van der Waals surface area contributed by atoms with Crippen molar-refractivity contribution < 1.29 is 9.47 Å². The molecule has 0 fully saturated rings. The minimum Gasteiger partial charge on any atom is -0.489 e. The summed E-state index contributed by atoms with van der Waals surface area (Å²) in [6, 6.07) is 15.4. The molecule has 0 aliphatic heterocycles. The molecule has 3 rings (SSSR count). The largest absolute Gasteiger partial charge is 0.489 e. The summed E-state index contributed by atoms with van der Waals surface area (Å²) in [4.78, 5) is 8.08. The minimum atomic E-state index is -0.412. The van der Waals surface area contributed by atoms with Gasteiger partial charge in [0.2, 0.25) is 5.28 Å². The predicted molar refractivity (Wildman–Crippen MR) is 127 cm³/mol. The van der Waals surface area contributed by atoms with Crippen molar-refractivity contribution in [1.82, 2.24) is 9.97 Å². The first-order chi connectivity index (χ1) is 15.3. The van der Waals surface area contributed by atoms with E-state index in [0.29, 0.717) is 33.7 Å². The number of nitrogens with zero attached hydrogens (tertiary/aromatic N) is 3. The van der Waals surface area contributed by atoms with Gasteiger partial charge < -0.3 is 9.47 Å². The van der Waals surface area contributed by atoms with Crippen LogP contribution in [0.2, 0.25) is 10.3 Å². The monoisotopic (exact) mass is 489 g/mol. The lowest BCUT2D eigenvalue weighted by Gasteiger charge is -2.27. The van der Waals surface area contributed by atoms with Crippen LogP contribution < -0.4 is 9.47 Å². The Balaban J connectivity index is 1.83. The molecule has 0 bridgehead atoms. The van der Waals surface area contributed by atoms with E-state index >= 15 is 0 Å². The normalized spacial score (nSPS) is 12.2. The molecular weight excluding hydrogens is 469 g/mol. The first-order valence-electron chi connectivity index (χ1n) is 9.94. The van der Waals surface area contributed by atoms with E-state index in [1.165, 1.54) is 0 Å². The van der Waals surface area contributed by atoms with Crippen molar-refractivity contribution in [3.05, 3.63) is 81.4 Å². The standard InChI is InChI=1S/C24H22Cl3N3O2/c1-15(21-8-10-29-23(27)30-21)32-19-6-4-17(5-7-19)24(2,3)18-12-16(14-28)22(20(26)13-18)31-11-9-25/h4-8,10,12-13,15H,9,11H2,1-3H3. The van der Waals surface area contributed by atoms with Gasteiger partial charge in [0.1, 0.15) is 24.5 Å².